The zero-order valence-electron chi connectivity index (χ0n) is 10.3. The molecule has 2 atom stereocenters. The van der Waals surface area contributed by atoms with Crippen LogP contribution in [0.3, 0.4) is 0 Å². The summed E-state index contributed by atoms with van der Waals surface area (Å²) in [5, 5.41) is 2.16. The average molecular weight is 259 g/mol. The molecule has 2 rings (SSSR count). The van der Waals surface area contributed by atoms with Gasteiger partial charge in [-0.05, 0) is 6.42 Å². The lowest BCUT2D eigenvalue weighted by Gasteiger charge is -2.23. The molecule has 1 saturated carbocycles. The van der Waals surface area contributed by atoms with E-state index in [1.54, 1.807) is 0 Å². The normalized spacial score (nSPS) is 29.9. The van der Waals surface area contributed by atoms with E-state index in [4.69, 9.17) is 0 Å². The summed E-state index contributed by atoms with van der Waals surface area (Å²) in [5.41, 5.74) is 0.314. The summed E-state index contributed by atoms with van der Waals surface area (Å²) in [6.07, 6.45) is 3.18. The Labute approximate surface area is 110 Å². The van der Waals surface area contributed by atoms with Gasteiger partial charge in [-0.1, -0.05) is 25.3 Å². The third kappa shape index (κ3) is 2.07. The second-order valence-electron chi connectivity index (χ2n) is 4.56. The maximum absolute atomic E-state index is 12.2. The average Bonchev–Trinajstić information content (AvgIpc) is 2.55. The molecule has 19 heavy (non-hydrogen) atoms. The van der Waals surface area contributed by atoms with Crippen molar-refractivity contribution >= 4 is 23.4 Å². The van der Waals surface area contributed by atoms with Gasteiger partial charge in [0, 0.05) is 17.6 Å². The first kappa shape index (κ1) is 13.1. The molecular formula is C14H13NO4. The fourth-order valence-corrected chi connectivity index (χ4v) is 2.45. The molecule has 0 bridgehead atoms. The highest BCUT2D eigenvalue weighted by molar-refractivity contribution is 6.30. The lowest BCUT2D eigenvalue weighted by Crippen LogP contribution is -2.46. The van der Waals surface area contributed by atoms with Gasteiger partial charge < -0.3 is 0 Å². The van der Waals surface area contributed by atoms with Crippen molar-refractivity contribution in [2.24, 2.45) is 11.8 Å². The SMILES string of the molecule is C=C/C=C1\C(=C)C(=O)C(C2CCC(=O)NC2=O)C1=O. The van der Waals surface area contributed by atoms with Crippen molar-refractivity contribution in [3.05, 3.63) is 36.5 Å². The fourth-order valence-electron chi connectivity index (χ4n) is 2.45. The Hall–Kier alpha value is -2.30. The summed E-state index contributed by atoms with van der Waals surface area (Å²) in [5.74, 6) is -3.62. The van der Waals surface area contributed by atoms with Crippen LogP contribution in [0.4, 0.5) is 0 Å². The molecule has 0 aromatic rings. The predicted molar refractivity (Wildman–Crippen MR) is 66.8 cm³/mol. The van der Waals surface area contributed by atoms with Crippen LogP contribution in [0.15, 0.2) is 36.5 Å². The van der Waals surface area contributed by atoms with Crippen molar-refractivity contribution in [2.75, 3.05) is 0 Å². The maximum atomic E-state index is 12.2. The van der Waals surface area contributed by atoms with Crippen LogP contribution in [-0.2, 0) is 19.2 Å². The quantitative estimate of drug-likeness (QED) is 0.444. The van der Waals surface area contributed by atoms with Gasteiger partial charge in [0.1, 0.15) is 0 Å². The van der Waals surface area contributed by atoms with Gasteiger partial charge in [0.05, 0.1) is 11.8 Å². The number of Topliss-reactive ketones (excluding diaryl/α,β-unsaturated/α-hetero) is 2. The maximum Gasteiger partial charge on any atom is 0.230 e. The smallest absolute Gasteiger partial charge is 0.230 e. The zero-order valence-corrected chi connectivity index (χ0v) is 10.3. The van der Waals surface area contributed by atoms with Crippen LogP contribution in [0.1, 0.15) is 12.8 Å². The molecule has 2 unspecified atom stereocenters. The number of nitrogens with one attached hydrogen (secondary N) is 1. The zero-order chi connectivity index (χ0) is 14.2. The van der Waals surface area contributed by atoms with Crippen molar-refractivity contribution in [3.63, 3.8) is 0 Å². The molecule has 0 aromatic heterocycles. The molecule has 98 valence electrons. The van der Waals surface area contributed by atoms with Crippen LogP contribution in [0.5, 0.6) is 0 Å². The molecule has 2 aliphatic rings. The number of hydrogen-bond donors (Lipinski definition) is 1. The molecule has 1 saturated heterocycles. The van der Waals surface area contributed by atoms with Gasteiger partial charge >= 0.3 is 0 Å². The molecule has 0 spiro atoms. The lowest BCUT2D eigenvalue weighted by molar-refractivity contribution is -0.143. The third-order valence-electron chi connectivity index (χ3n) is 3.42. The lowest BCUT2D eigenvalue weighted by atomic mass is 9.83. The van der Waals surface area contributed by atoms with Crippen LogP contribution in [0.2, 0.25) is 0 Å². The Balaban J connectivity index is 2.33. The monoisotopic (exact) mass is 259 g/mol. The Kier molecular flexibility index (Phi) is 3.29. The van der Waals surface area contributed by atoms with E-state index in [0.29, 0.717) is 0 Å². The predicted octanol–water partition coefficient (Wildman–Crippen LogP) is 0.476. The van der Waals surface area contributed by atoms with E-state index in [1.807, 2.05) is 0 Å². The number of allylic oxidation sites excluding steroid dienone is 4. The van der Waals surface area contributed by atoms with Gasteiger partial charge in [0.15, 0.2) is 11.6 Å². The van der Waals surface area contributed by atoms with Crippen LogP contribution >= 0.6 is 0 Å². The van der Waals surface area contributed by atoms with Gasteiger partial charge in [-0.15, -0.1) is 0 Å². The second kappa shape index (κ2) is 4.76. The van der Waals surface area contributed by atoms with Gasteiger partial charge in [-0.3, -0.25) is 24.5 Å². The second-order valence-corrected chi connectivity index (χ2v) is 4.56. The number of carbonyl (C=O) groups excluding carboxylic acids is 4. The van der Waals surface area contributed by atoms with Crippen molar-refractivity contribution in [1.29, 1.82) is 0 Å². The number of amides is 2. The molecular weight excluding hydrogens is 246 g/mol. The Morgan fingerprint density at radius 3 is 2.42 bits per heavy atom. The van der Waals surface area contributed by atoms with Crippen LogP contribution in [-0.4, -0.2) is 23.4 Å². The summed E-state index contributed by atoms with van der Waals surface area (Å²) in [4.78, 5) is 47.1. The van der Waals surface area contributed by atoms with E-state index >= 15 is 0 Å². The molecule has 2 fully saturated rings. The van der Waals surface area contributed by atoms with Gasteiger partial charge in [0.2, 0.25) is 11.8 Å². The minimum absolute atomic E-state index is 0.111. The van der Waals surface area contributed by atoms with Crippen molar-refractivity contribution in [1.82, 2.24) is 5.32 Å². The highest BCUT2D eigenvalue weighted by Crippen LogP contribution is 2.35. The van der Waals surface area contributed by atoms with Crippen LogP contribution in [0, 0.1) is 11.8 Å². The van der Waals surface area contributed by atoms with Gasteiger partial charge in [-0.2, -0.15) is 0 Å². The molecule has 1 N–H and O–H groups in total. The molecule has 0 radical (unpaired) electrons. The van der Waals surface area contributed by atoms with Gasteiger partial charge in [0.25, 0.3) is 0 Å². The number of ketones is 2. The minimum atomic E-state index is -1.05. The Morgan fingerprint density at radius 1 is 1.16 bits per heavy atom. The van der Waals surface area contributed by atoms with E-state index in [0.717, 1.165) is 0 Å². The first-order valence-electron chi connectivity index (χ1n) is 5.91. The van der Waals surface area contributed by atoms with E-state index in [2.05, 4.69) is 18.5 Å². The first-order chi connectivity index (χ1) is 8.97. The molecule has 2 amide bonds. The van der Waals surface area contributed by atoms with Crippen LogP contribution < -0.4 is 5.32 Å². The summed E-state index contributed by atoms with van der Waals surface area (Å²) < 4.78 is 0. The summed E-state index contributed by atoms with van der Waals surface area (Å²) in [6, 6.07) is 0. The number of rotatable bonds is 2. The summed E-state index contributed by atoms with van der Waals surface area (Å²) >= 11 is 0. The highest BCUT2D eigenvalue weighted by Gasteiger charge is 2.48. The number of carbonyl (C=O) groups is 4. The van der Waals surface area contributed by atoms with E-state index in [-0.39, 0.29) is 29.9 Å². The van der Waals surface area contributed by atoms with E-state index in [9.17, 15) is 19.2 Å². The number of imide groups is 1. The van der Waals surface area contributed by atoms with Gasteiger partial charge in [-0.25, -0.2) is 0 Å². The largest absolute Gasteiger partial charge is 0.296 e. The topological polar surface area (TPSA) is 80.3 Å². The van der Waals surface area contributed by atoms with Crippen LogP contribution in [0.25, 0.3) is 0 Å². The molecule has 1 aliphatic heterocycles. The van der Waals surface area contributed by atoms with E-state index < -0.39 is 29.3 Å². The minimum Gasteiger partial charge on any atom is -0.296 e. The highest BCUT2D eigenvalue weighted by atomic mass is 16.2. The standard InChI is InChI=1S/C14H13NO4/c1-3-4-8-7(2)12(17)11(13(8)18)9-5-6-10(16)15-14(9)19/h3-4,9,11H,1-2,5-6H2,(H,15,16,19)/b8-4+. The van der Waals surface area contributed by atoms with E-state index in [1.165, 1.54) is 12.2 Å². The first-order valence-corrected chi connectivity index (χ1v) is 5.91. The summed E-state index contributed by atoms with van der Waals surface area (Å²) in [6.45, 7) is 7.06. The molecule has 1 aliphatic carbocycles. The Bertz CT molecular complexity index is 556. The number of hydrogen-bond acceptors (Lipinski definition) is 4. The summed E-state index contributed by atoms with van der Waals surface area (Å²) in [7, 11) is 0. The molecule has 5 nitrogen and oxygen atoms in total. The number of piperidine rings is 1. The molecule has 5 heteroatoms. The van der Waals surface area contributed by atoms with Crippen molar-refractivity contribution < 1.29 is 19.2 Å². The molecule has 0 aromatic carbocycles. The third-order valence-corrected chi connectivity index (χ3v) is 3.42. The van der Waals surface area contributed by atoms with Crippen molar-refractivity contribution in [2.45, 2.75) is 12.8 Å². The Morgan fingerprint density at radius 2 is 1.84 bits per heavy atom. The van der Waals surface area contributed by atoms with Crippen molar-refractivity contribution in [3.8, 4) is 0 Å². The molecule has 1 heterocycles. The fraction of sp³-hybridized carbons (Fsp3) is 0.286.